The van der Waals surface area contributed by atoms with Crippen molar-refractivity contribution in [3.8, 4) is 23.0 Å². The molecule has 1 saturated heterocycles. The van der Waals surface area contributed by atoms with Crippen LogP contribution in [-0.2, 0) is 17.7 Å². The number of aromatic nitrogens is 2. The summed E-state index contributed by atoms with van der Waals surface area (Å²) in [5, 5.41) is 0.606. The number of ketones is 1. The van der Waals surface area contributed by atoms with Gasteiger partial charge < -0.3 is 23.5 Å². The second-order valence-corrected chi connectivity index (χ2v) is 11.4. The fourth-order valence-electron chi connectivity index (χ4n) is 5.58. The van der Waals surface area contributed by atoms with Gasteiger partial charge in [-0.15, -0.1) is 0 Å². The number of halogens is 2. The number of ether oxygens (including phenoxy) is 4. The Labute approximate surface area is 276 Å². The maximum Gasteiger partial charge on any atom is 0.261 e. The highest BCUT2D eigenvalue weighted by Gasteiger charge is 2.17. The van der Waals surface area contributed by atoms with Gasteiger partial charge in [0, 0.05) is 49.9 Å². The summed E-state index contributed by atoms with van der Waals surface area (Å²) in [5.74, 6) is -0.116. The monoisotopic (exact) mass is 655 g/mol. The van der Waals surface area contributed by atoms with Gasteiger partial charge in [-0.05, 0) is 66.1 Å². The average Bonchev–Trinajstić information content (AvgIpc) is 3.10. The maximum atomic E-state index is 15.3. The SMILES string of the molecule is COc1cc2c(Oc3ccc(CC(=O)c4cccn(Cc5ccc(F)cc5)c4=O)cc3F)ccnc2cc1OCCCN1CCOCC1. The lowest BCUT2D eigenvalue weighted by Crippen LogP contribution is -2.37. The van der Waals surface area contributed by atoms with Gasteiger partial charge in [-0.2, -0.15) is 0 Å². The number of hydrogen-bond acceptors (Lipinski definition) is 8. The number of carbonyl (C=O) groups is 1. The van der Waals surface area contributed by atoms with E-state index in [0.717, 1.165) is 39.3 Å². The van der Waals surface area contributed by atoms with Crippen molar-refractivity contribution in [3.05, 3.63) is 124 Å². The van der Waals surface area contributed by atoms with Crippen LogP contribution in [0.15, 0.2) is 90.0 Å². The highest BCUT2D eigenvalue weighted by Crippen LogP contribution is 2.37. The Morgan fingerprint density at radius 3 is 2.48 bits per heavy atom. The van der Waals surface area contributed by atoms with E-state index >= 15 is 4.39 Å². The number of benzene rings is 3. The molecule has 0 aliphatic carbocycles. The highest BCUT2D eigenvalue weighted by atomic mass is 19.1. The molecular weight excluding hydrogens is 620 g/mol. The Balaban J connectivity index is 1.12. The van der Waals surface area contributed by atoms with Crippen LogP contribution < -0.4 is 19.8 Å². The molecule has 0 atom stereocenters. The number of nitrogens with zero attached hydrogens (tertiary/aromatic N) is 3. The smallest absolute Gasteiger partial charge is 0.261 e. The van der Waals surface area contributed by atoms with Crippen LogP contribution in [0.3, 0.4) is 0 Å². The van der Waals surface area contributed by atoms with Crippen molar-refractivity contribution in [3.63, 3.8) is 0 Å². The molecule has 2 aromatic heterocycles. The van der Waals surface area contributed by atoms with Gasteiger partial charge >= 0.3 is 0 Å². The van der Waals surface area contributed by atoms with Crippen LogP contribution >= 0.6 is 0 Å². The first-order valence-corrected chi connectivity index (χ1v) is 15.7. The van der Waals surface area contributed by atoms with E-state index in [4.69, 9.17) is 18.9 Å². The Morgan fingerprint density at radius 1 is 0.917 bits per heavy atom. The van der Waals surface area contributed by atoms with Gasteiger partial charge in [-0.3, -0.25) is 19.5 Å². The van der Waals surface area contributed by atoms with Crippen molar-refractivity contribution >= 4 is 16.7 Å². The molecule has 0 spiro atoms. The van der Waals surface area contributed by atoms with Crippen molar-refractivity contribution in [2.45, 2.75) is 19.4 Å². The van der Waals surface area contributed by atoms with Crippen LogP contribution in [0.1, 0.15) is 27.9 Å². The molecular formula is C37H35F2N3O6. The van der Waals surface area contributed by atoms with E-state index in [0.29, 0.717) is 45.9 Å². The van der Waals surface area contributed by atoms with Crippen molar-refractivity contribution < 1.29 is 32.5 Å². The predicted molar refractivity (Wildman–Crippen MR) is 176 cm³/mol. The lowest BCUT2D eigenvalue weighted by atomic mass is 10.0. The third-order valence-electron chi connectivity index (χ3n) is 8.13. The summed E-state index contributed by atoms with van der Waals surface area (Å²) in [4.78, 5) is 32.9. The molecule has 1 fully saturated rings. The van der Waals surface area contributed by atoms with E-state index in [1.54, 1.807) is 62.0 Å². The molecule has 248 valence electrons. The van der Waals surface area contributed by atoms with Crippen LogP contribution in [0.5, 0.6) is 23.0 Å². The summed E-state index contributed by atoms with van der Waals surface area (Å²) in [5.41, 5.74) is 1.19. The molecule has 0 saturated carbocycles. The summed E-state index contributed by atoms with van der Waals surface area (Å²) in [6.07, 6.45) is 3.80. The lowest BCUT2D eigenvalue weighted by Gasteiger charge is -2.26. The number of pyridine rings is 2. The Kier molecular flexibility index (Phi) is 10.4. The van der Waals surface area contributed by atoms with Gasteiger partial charge in [0.25, 0.3) is 5.56 Å². The zero-order valence-electron chi connectivity index (χ0n) is 26.5. The van der Waals surface area contributed by atoms with Gasteiger partial charge in [0.05, 0.1) is 44.6 Å². The molecule has 1 aliphatic rings. The molecule has 6 rings (SSSR count). The molecule has 11 heteroatoms. The van der Waals surface area contributed by atoms with Crippen LogP contribution in [0.4, 0.5) is 8.78 Å². The van der Waals surface area contributed by atoms with Crippen LogP contribution in [0.2, 0.25) is 0 Å². The standard InChI is InChI=1S/C37H35F2N3O6/c1-45-35-22-29-31(23-36(35)47-17-3-13-41-15-18-46-19-16-41)40-12-11-33(29)48-34-10-7-26(20-30(34)39)21-32(43)28-4-2-14-42(37(28)44)24-25-5-8-27(38)9-6-25/h2,4-12,14,20,22-23H,3,13,15-19,21,24H2,1H3. The zero-order chi connectivity index (χ0) is 33.5. The van der Waals surface area contributed by atoms with Gasteiger partial charge in [0.15, 0.2) is 28.8 Å². The first-order valence-electron chi connectivity index (χ1n) is 15.7. The van der Waals surface area contributed by atoms with Crippen molar-refractivity contribution in [1.29, 1.82) is 0 Å². The van der Waals surface area contributed by atoms with Crippen LogP contribution in [-0.4, -0.2) is 66.8 Å². The number of carbonyl (C=O) groups excluding carboxylic acids is 1. The zero-order valence-corrected chi connectivity index (χ0v) is 26.5. The maximum absolute atomic E-state index is 15.3. The van der Waals surface area contributed by atoms with E-state index in [9.17, 15) is 14.0 Å². The van der Waals surface area contributed by atoms with E-state index in [2.05, 4.69) is 9.88 Å². The van der Waals surface area contributed by atoms with Crippen LogP contribution in [0.25, 0.3) is 10.9 Å². The lowest BCUT2D eigenvalue weighted by molar-refractivity contribution is 0.0357. The quantitative estimate of drug-likeness (QED) is 0.112. The summed E-state index contributed by atoms with van der Waals surface area (Å²) in [6, 6.07) is 18.3. The minimum Gasteiger partial charge on any atom is -0.493 e. The molecule has 0 unspecified atom stereocenters. The van der Waals surface area contributed by atoms with Crippen molar-refractivity contribution in [2.24, 2.45) is 0 Å². The third kappa shape index (κ3) is 7.87. The number of fused-ring (bicyclic) bond motifs is 1. The van der Waals surface area contributed by atoms with Crippen molar-refractivity contribution in [1.82, 2.24) is 14.5 Å². The van der Waals surface area contributed by atoms with Crippen LogP contribution in [0, 0.1) is 11.6 Å². The molecule has 3 aromatic carbocycles. The second kappa shape index (κ2) is 15.2. The summed E-state index contributed by atoms with van der Waals surface area (Å²) in [7, 11) is 1.55. The minimum absolute atomic E-state index is 0.0157. The highest BCUT2D eigenvalue weighted by molar-refractivity contribution is 5.97. The number of hydrogen-bond donors (Lipinski definition) is 0. The summed E-state index contributed by atoms with van der Waals surface area (Å²) < 4.78 is 53.0. The van der Waals surface area contributed by atoms with E-state index in [-0.39, 0.29) is 30.1 Å². The van der Waals surface area contributed by atoms with Gasteiger partial charge in [-0.1, -0.05) is 18.2 Å². The van der Waals surface area contributed by atoms with Gasteiger partial charge in [-0.25, -0.2) is 8.78 Å². The molecule has 0 amide bonds. The summed E-state index contributed by atoms with van der Waals surface area (Å²) in [6.45, 7) is 4.95. The number of morpholine rings is 1. The molecule has 3 heterocycles. The van der Waals surface area contributed by atoms with Gasteiger partial charge in [0.1, 0.15) is 11.6 Å². The number of methoxy groups -OCH3 is 1. The van der Waals surface area contributed by atoms with E-state index in [1.807, 2.05) is 0 Å². The fourth-order valence-corrected chi connectivity index (χ4v) is 5.58. The predicted octanol–water partition coefficient (Wildman–Crippen LogP) is 6.05. The van der Waals surface area contributed by atoms with Crippen molar-refractivity contribution in [2.75, 3.05) is 46.6 Å². The Bertz CT molecular complexity index is 1960. The molecule has 0 bridgehead atoms. The molecule has 0 radical (unpaired) electrons. The van der Waals surface area contributed by atoms with E-state index in [1.165, 1.54) is 34.9 Å². The first-order chi connectivity index (χ1) is 23.4. The Hall–Kier alpha value is -5.13. The molecule has 0 N–H and O–H groups in total. The second-order valence-electron chi connectivity index (χ2n) is 11.4. The molecule has 48 heavy (non-hydrogen) atoms. The molecule has 1 aliphatic heterocycles. The summed E-state index contributed by atoms with van der Waals surface area (Å²) >= 11 is 0. The average molecular weight is 656 g/mol. The Morgan fingerprint density at radius 2 is 1.71 bits per heavy atom. The minimum atomic E-state index is -0.667. The molecule has 5 aromatic rings. The largest absolute Gasteiger partial charge is 0.493 e. The molecule has 9 nitrogen and oxygen atoms in total. The normalized spacial score (nSPS) is 13.4. The number of Topliss-reactive ketones (excluding diaryl/α,β-unsaturated/α-hetero) is 1. The third-order valence-corrected chi connectivity index (χ3v) is 8.13. The van der Waals surface area contributed by atoms with E-state index < -0.39 is 17.2 Å². The fraction of sp³-hybridized carbons (Fsp3) is 0.270. The topological polar surface area (TPSA) is 92.1 Å². The first kappa shape index (κ1) is 32.8. The van der Waals surface area contributed by atoms with Gasteiger partial charge in [0.2, 0.25) is 0 Å². The number of rotatable bonds is 13.